The van der Waals surface area contributed by atoms with Gasteiger partial charge in [0.1, 0.15) is 11.8 Å². The second-order valence-electron chi connectivity index (χ2n) is 2.38. The van der Waals surface area contributed by atoms with Gasteiger partial charge in [0.25, 0.3) is 0 Å². The average molecular weight is 179 g/mol. The fourth-order valence-corrected chi connectivity index (χ4v) is 1.28. The zero-order valence-electron chi connectivity index (χ0n) is 6.56. The van der Waals surface area contributed by atoms with Gasteiger partial charge in [-0.25, -0.2) is 9.97 Å². The summed E-state index contributed by atoms with van der Waals surface area (Å²) >= 11 is 4.99. The highest BCUT2D eigenvalue weighted by Gasteiger charge is 2.00. The van der Waals surface area contributed by atoms with Gasteiger partial charge in [0, 0.05) is 6.54 Å². The standard InChI is InChI=1S/C7H8N4S/c1-2-11-4-10-5-6(11)8-3-9-7(5)12/h3-4H,2H2,1H3,(H,8,9,12)/p-1. The van der Waals surface area contributed by atoms with E-state index in [1.807, 2.05) is 11.5 Å². The predicted molar refractivity (Wildman–Crippen MR) is 46.6 cm³/mol. The van der Waals surface area contributed by atoms with Crippen molar-refractivity contribution in [3.8, 4) is 0 Å². The quantitative estimate of drug-likeness (QED) is 0.478. The van der Waals surface area contributed by atoms with Crippen molar-refractivity contribution in [1.29, 1.82) is 0 Å². The minimum absolute atomic E-state index is 0.521. The summed E-state index contributed by atoms with van der Waals surface area (Å²) in [4.78, 5) is 12.1. The molecular weight excluding hydrogens is 172 g/mol. The van der Waals surface area contributed by atoms with Crippen LogP contribution in [-0.4, -0.2) is 19.5 Å². The molecule has 0 aliphatic heterocycles. The molecule has 0 atom stereocenters. The smallest absolute Gasteiger partial charge is 0.161 e. The van der Waals surface area contributed by atoms with Gasteiger partial charge in [0.15, 0.2) is 5.65 Å². The molecule has 0 saturated carbocycles. The Labute approximate surface area is 75.1 Å². The number of nitrogens with zero attached hydrogens (tertiary/aromatic N) is 4. The van der Waals surface area contributed by atoms with Crippen LogP contribution in [0.4, 0.5) is 0 Å². The van der Waals surface area contributed by atoms with Crippen molar-refractivity contribution in [3.63, 3.8) is 0 Å². The maximum atomic E-state index is 4.99. The van der Waals surface area contributed by atoms with Crippen LogP contribution in [-0.2, 0) is 19.2 Å². The second kappa shape index (κ2) is 2.67. The molecule has 4 nitrogen and oxygen atoms in total. The fourth-order valence-electron chi connectivity index (χ4n) is 1.09. The summed E-state index contributed by atoms with van der Waals surface area (Å²) in [6, 6.07) is 0. The monoisotopic (exact) mass is 179 g/mol. The van der Waals surface area contributed by atoms with Gasteiger partial charge in [-0.05, 0) is 6.92 Å². The molecule has 2 aromatic heterocycles. The molecule has 0 spiro atoms. The Hall–Kier alpha value is -1.23. The molecule has 2 aromatic rings. The number of fused-ring (bicyclic) bond motifs is 1. The molecule has 0 unspecified atom stereocenters. The van der Waals surface area contributed by atoms with E-state index in [1.165, 1.54) is 6.33 Å². The van der Waals surface area contributed by atoms with Gasteiger partial charge in [-0.2, -0.15) is 0 Å². The van der Waals surface area contributed by atoms with Gasteiger partial charge < -0.3 is 17.2 Å². The van der Waals surface area contributed by atoms with Crippen LogP contribution in [0.25, 0.3) is 11.2 Å². The van der Waals surface area contributed by atoms with Crippen molar-refractivity contribution in [2.45, 2.75) is 18.5 Å². The lowest BCUT2D eigenvalue weighted by molar-refractivity contribution is 0.776. The summed E-state index contributed by atoms with van der Waals surface area (Å²) in [5, 5.41) is 0.521. The van der Waals surface area contributed by atoms with E-state index in [1.54, 1.807) is 6.33 Å². The summed E-state index contributed by atoms with van der Waals surface area (Å²) in [6.07, 6.45) is 3.20. The molecule has 0 bridgehead atoms. The number of rotatable bonds is 1. The molecule has 2 rings (SSSR count). The first-order valence-electron chi connectivity index (χ1n) is 3.65. The summed E-state index contributed by atoms with van der Waals surface area (Å²) in [5.74, 6) is 0. The SMILES string of the molecule is CCn1cnc2c([S-])ncnc21. The molecule has 62 valence electrons. The maximum absolute atomic E-state index is 4.99. The van der Waals surface area contributed by atoms with Gasteiger partial charge in [0.05, 0.1) is 6.33 Å². The van der Waals surface area contributed by atoms with Crippen LogP contribution in [0.1, 0.15) is 6.92 Å². The van der Waals surface area contributed by atoms with Crippen molar-refractivity contribution >= 4 is 23.8 Å². The highest BCUT2D eigenvalue weighted by Crippen LogP contribution is 2.11. The lowest BCUT2D eigenvalue weighted by Crippen LogP contribution is -1.94. The Balaban J connectivity index is 2.80. The highest BCUT2D eigenvalue weighted by molar-refractivity contribution is 7.58. The van der Waals surface area contributed by atoms with Crippen LogP contribution in [0.15, 0.2) is 17.7 Å². The van der Waals surface area contributed by atoms with Crippen molar-refractivity contribution < 1.29 is 0 Å². The average Bonchev–Trinajstić information content (AvgIpc) is 2.49. The normalized spacial score (nSPS) is 10.8. The van der Waals surface area contributed by atoms with Gasteiger partial charge in [0.2, 0.25) is 0 Å². The van der Waals surface area contributed by atoms with Crippen LogP contribution in [0, 0.1) is 0 Å². The third-order valence-electron chi connectivity index (χ3n) is 1.71. The molecule has 0 aliphatic rings. The zero-order valence-corrected chi connectivity index (χ0v) is 7.38. The summed E-state index contributed by atoms with van der Waals surface area (Å²) < 4.78 is 1.94. The highest BCUT2D eigenvalue weighted by atomic mass is 32.1. The second-order valence-corrected chi connectivity index (χ2v) is 2.77. The summed E-state index contributed by atoms with van der Waals surface area (Å²) in [7, 11) is 0. The number of aryl methyl sites for hydroxylation is 1. The van der Waals surface area contributed by atoms with E-state index >= 15 is 0 Å². The maximum Gasteiger partial charge on any atom is 0.161 e. The molecule has 5 heteroatoms. The van der Waals surface area contributed by atoms with E-state index in [0.29, 0.717) is 10.5 Å². The minimum Gasteiger partial charge on any atom is -0.758 e. The Morgan fingerprint density at radius 3 is 3.00 bits per heavy atom. The largest absolute Gasteiger partial charge is 0.758 e. The Morgan fingerprint density at radius 1 is 1.42 bits per heavy atom. The predicted octanol–water partition coefficient (Wildman–Crippen LogP) is 0.752. The first kappa shape index (κ1) is 7.42. The van der Waals surface area contributed by atoms with Crippen LogP contribution < -0.4 is 0 Å². The summed E-state index contributed by atoms with van der Waals surface area (Å²) in [5.41, 5.74) is 1.53. The Kier molecular flexibility index (Phi) is 1.65. The van der Waals surface area contributed by atoms with Crippen molar-refractivity contribution in [2.75, 3.05) is 0 Å². The lowest BCUT2D eigenvalue weighted by Gasteiger charge is -2.03. The third kappa shape index (κ3) is 0.937. The van der Waals surface area contributed by atoms with Crippen LogP contribution in [0.3, 0.4) is 0 Å². The third-order valence-corrected chi connectivity index (χ3v) is 2.01. The molecule has 0 fully saturated rings. The molecule has 2 heterocycles. The first-order chi connectivity index (χ1) is 5.83. The van der Waals surface area contributed by atoms with Gasteiger partial charge in [-0.3, -0.25) is 4.98 Å². The van der Waals surface area contributed by atoms with E-state index in [0.717, 1.165) is 12.2 Å². The molecule has 12 heavy (non-hydrogen) atoms. The van der Waals surface area contributed by atoms with Crippen molar-refractivity contribution in [1.82, 2.24) is 19.5 Å². The molecule has 0 saturated heterocycles. The number of hydrogen-bond donors (Lipinski definition) is 0. The van der Waals surface area contributed by atoms with Crippen molar-refractivity contribution in [3.05, 3.63) is 12.7 Å². The van der Waals surface area contributed by atoms with E-state index in [-0.39, 0.29) is 0 Å². The molecule has 0 aliphatic carbocycles. The minimum atomic E-state index is 0.521. The fraction of sp³-hybridized carbons (Fsp3) is 0.286. The number of imidazole rings is 1. The molecular formula is C7H7N4S-. The number of aromatic nitrogens is 4. The molecule has 0 amide bonds. The number of hydrogen-bond acceptors (Lipinski definition) is 4. The van der Waals surface area contributed by atoms with Crippen molar-refractivity contribution in [2.24, 2.45) is 0 Å². The Bertz CT molecular complexity index is 409. The van der Waals surface area contributed by atoms with Crippen LogP contribution in [0.2, 0.25) is 0 Å². The summed E-state index contributed by atoms with van der Waals surface area (Å²) in [6.45, 7) is 2.88. The lowest BCUT2D eigenvalue weighted by atomic mass is 10.5. The van der Waals surface area contributed by atoms with Gasteiger partial charge in [-0.15, -0.1) is 0 Å². The first-order valence-corrected chi connectivity index (χ1v) is 4.06. The van der Waals surface area contributed by atoms with E-state index < -0.39 is 0 Å². The van der Waals surface area contributed by atoms with Gasteiger partial charge >= 0.3 is 0 Å². The zero-order chi connectivity index (χ0) is 8.55. The topological polar surface area (TPSA) is 43.6 Å². The molecule has 0 radical (unpaired) electrons. The molecule has 0 aromatic carbocycles. The van der Waals surface area contributed by atoms with E-state index in [2.05, 4.69) is 15.0 Å². The van der Waals surface area contributed by atoms with Crippen LogP contribution >= 0.6 is 0 Å². The van der Waals surface area contributed by atoms with Crippen LogP contribution in [0.5, 0.6) is 0 Å². The van der Waals surface area contributed by atoms with E-state index in [9.17, 15) is 0 Å². The Morgan fingerprint density at radius 2 is 2.25 bits per heavy atom. The molecule has 0 N–H and O–H groups in total. The van der Waals surface area contributed by atoms with Gasteiger partial charge in [-0.1, -0.05) is 5.03 Å². The van der Waals surface area contributed by atoms with E-state index in [4.69, 9.17) is 12.6 Å².